The molecule has 4 aromatic rings. The number of anilines is 1. The van der Waals surface area contributed by atoms with E-state index in [0.29, 0.717) is 11.4 Å². The molecule has 0 aliphatic rings. The molecular formula is C19H15FN4. The van der Waals surface area contributed by atoms with E-state index in [-0.39, 0.29) is 5.82 Å². The number of halogens is 1. The van der Waals surface area contributed by atoms with Gasteiger partial charge in [-0.25, -0.2) is 9.37 Å². The highest BCUT2D eigenvalue weighted by Crippen LogP contribution is 2.33. The fraction of sp³-hybridized carbons (Fsp3) is 0.0526. The molecule has 0 aliphatic carbocycles. The Bertz CT molecular complexity index is 1050. The van der Waals surface area contributed by atoms with Crippen molar-refractivity contribution in [3.8, 4) is 22.4 Å². The van der Waals surface area contributed by atoms with Crippen molar-refractivity contribution >= 4 is 16.7 Å². The zero-order valence-electron chi connectivity index (χ0n) is 13.0. The highest BCUT2D eigenvalue weighted by molar-refractivity contribution is 5.88. The number of nitrogens with zero attached hydrogens (tertiary/aromatic N) is 2. The molecule has 5 heteroatoms. The molecule has 0 saturated heterocycles. The molecule has 0 radical (unpaired) electrons. The minimum absolute atomic E-state index is 0.232. The van der Waals surface area contributed by atoms with Crippen LogP contribution in [0, 0.1) is 12.7 Å². The summed E-state index contributed by atoms with van der Waals surface area (Å²) in [6.07, 6.45) is 1.78. The molecule has 2 aromatic heterocycles. The minimum atomic E-state index is -0.232. The average molecular weight is 318 g/mol. The van der Waals surface area contributed by atoms with Crippen molar-refractivity contribution in [1.82, 2.24) is 15.2 Å². The lowest BCUT2D eigenvalue weighted by atomic mass is 9.97. The van der Waals surface area contributed by atoms with Gasteiger partial charge < -0.3 is 5.73 Å². The lowest BCUT2D eigenvalue weighted by Gasteiger charge is -2.11. The highest BCUT2D eigenvalue weighted by atomic mass is 19.1. The van der Waals surface area contributed by atoms with Crippen LogP contribution in [0.3, 0.4) is 0 Å². The van der Waals surface area contributed by atoms with Crippen molar-refractivity contribution in [2.75, 3.05) is 5.73 Å². The van der Waals surface area contributed by atoms with Gasteiger partial charge in [0.05, 0.1) is 17.4 Å². The van der Waals surface area contributed by atoms with Gasteiger partial charge in [-0.3, -0.25) is 5.10 Å². The monoisotopic (exact) mass is 318 g/mol. The Morgan fingerprint density at radius 2 is 1.83 bits per heavy atom. The number of nitrogen functional groups attached to an aromatic ring is 1. The normalized spacial score (nSPS) is 11.1. The summed E-state index contributed by atoms with van der Waals surface area (Å²) >= 11 is 0. The predicted molar refractivity (Wildman–Crippen MR) is 93.9 cm³/mol. The van der Waals surface area contributed by atoms with Crippen LogP contribution in [0.4, 0.5) is 10.2 Å². The van der Waals surface area contributed by atoms with E-state index in [1.165, 1.54) is 6.07 Å². The van der Waals surface area contributed by atoms with Gasteiger partial charge in [-0.15, -0.1) is 0 Å². The maximum atomic E-state index is 13.6. The lowest BCUT2D eigenvalue weighted by molar-refractivity contribution is 0.619. The van der Waals surface area contributed by atoms with Crippen LogP contribution in [-0.4, -0.2) is 15.2 Å². The molecule has 118 valence electrons. The van der Waals surface area contributed by atoms with Crippen LogP contribution in [0.2, 0.25) is 0 Å². The predicted octanol–water partition coefficient (Wildman–Crippen LogP) is 4.32. The van der Waals surface area contributed by atoms with E-state index in [1.807, 2.05) is 24.3 Å². The van der Waals surface area contributed by atoms with Crippen molar-refractivity contribution in [3.05, 3.63) is 66.1 Å². The molecule has 0 bridgehead atoms. The van der Waals surface area contributed by atoms with E-state index < -0.39 is 0 Å². The Balaban J connectivity index is 1.93. The first-order valence-corrected chi connectivity index (χ1v) is 7.58. The molecule has 0 saturated carbocycles. The smallest absolute Gasteiger partial charge is 0.126 e. The maximum Gasteiger partial charge on any atom is 0.126 e. The number of hydrogen-bond donors (Lipinski definition) is 2. The highest BCUT2D eigenvalue weighted by Gasteiger charge is 2.12. The second kappa shape index (κ2) is 5.45. The first kappa shape index (κ1) is 14.4. The summed E-state index contributed by atoms with van der Waals surface area (Å²) < 4.78 is 13.6. The summed E-state index contributed by atoms with van der Waals surface area (Å²) in [6.45, 7) is 1.74. The van der Waals surface area contributed by atoms with E-state index in [4.69, 9.17) is 5.73 Å². The van der Waals surface area contributed by atoms with Gasteiger partial charge >= 0.3 is 0 Å². The van der Waals surface area contributed by atoms with Gasteiger partial charge in [0.25, 0.3) is 0 Å². The van der Waals surface area contributed by atoms with Gasteiger partial charge in [-0.1, -0.05) is 6.07 Å². The van der Waals surface area contributed by atoms with E-state index in [1.54, 1.807) is 31.3 Å². The number of aryl methyl sites for hydroxylation is 1. The van der Waals surface area contributed by atoms with Crippen molar-refractivity contribution in [2.45, 2.75) is 6.92 Å². The Morgan fingerprint density at radius 1 is 1.00 bits per heavy atom. The molecule has 4 nitrogen and oxygen atoms in total. The van der Waals surface area contributed by atoms with Crippen LogP contribution >= 0.6 is 0 Å². The van der Waals surface area contributed by atoms with Crippen molar-refractivity contribution < 1.29 is 4.39 Å². The topological polar surface area (TPSA) is 67.6 Å². The number of pyridine rings is 1. The molecule has 0 unspecified atom stereocenters. The zero-order chi connectivity index (χ0) is 16.7. The van der Waals surface area contributed by atoms with Crippen molar-refractivity contribution in [2.24, 2.45) is 0 Å². The van der Waals surface area contributed by atoms with Crippen molar-refractivity contribution in [1.29, 1.82) is 0 Å². The average Bonchev–Trinajstić information content (AvgIpc) is 3.05. The van der Waals surface area contributed by atoms with Crippen LogP contribution in [-0.2, 0) is 0 Å². The third-order valence-electron chi connectivity index (χ3n) is 4.10. The van der Waals surface area contributed by atoms with Gasteiger partial charge in [-0.2, -0.15) is 5.10 Å². The number of aromatic nitrogens is 3. The van der Waals surface area contributed by atoms with Gasteiger partial charge in [0.2, 0.25) is 0 Å². The third kappa shape index (κ3) is 2.40. The number of fused-ring (bicyclic) bond motifs is 1. The summed E-state index contributed by atoms with van der Waals surface area (Å²) in [4.78, 5) is 4.49. The van der Waals surface area contributed by atoms with Crippen LogP contribution in [0.5, 0.6) is 0 Å². The Hall–Kier alpha value is -3.21. The molecular weight excluding hydrogens is 303 g/mol. The number of nitrogens with two attached hydrogens (primary N) is 1. The molecule has 3 N–H and O–H groups in total. The quantitative estimate of drug-likeness (QED) is 0.578. The second-order valence-corrected chi connectivity index (χ2v) is 5.77. The van der Waals surface area contributed by atoms with Gasteiger partial charge in [0.1, 0.15) is 11.6 Å². The Morgan fingerprint density at radius 3 is 2.67 bits per heavy atom. The summed E-state index contributed by atoms with van der Waals surface area (Å²) in [6, 6.07) is 14.7. The fourth-order valence-electron chi connectivity index (χ4n) is 2.83. The molecule has 0 aliphatic heterocycles. The van der Waals surface area contributed by atoms with E-state index >= 15 is 0 Å². The van der Waals surface area contributed by atoms with E-state index in [2.05, 4.69) is 15.2 Å². The molecule has 24 heavy (non-hydrogen) atoms. The van der Waals surface area contributed by atoms with Gasteiger partial charge in [0.15, 0.2) is 0 Å². The van der Waals surface area contributed by atoms with Crippen LogP contribution in [0.25, 0.3) is 33.3 Å². The fourth-order valence-corrected chi connectivity index (χ4v) is 2.83. The largest absolute Gasteiger partial charge is 0.384 e. The van der Waals surface area contributed by atoms with E-state index in [9.17, 15) is 4.39 Å². The maximum absolute atomic E-state index is 13.6. The molecule has 0 atom stereocenters. The summed E-state index contributed by atoms with van der Waals surface area (Å²) in [7, 11) is 0. The van der Waals surface area contributed by atoms with E-state index in [0.717, 1.165) is 33.3 Å². The standard InChI is InChI=1S/C19H15FN4/c1-11-8-13(2-5-16(11)20)19-15(4-7-18(21)23-19)12-3-6-17-14(9-12)10-22-24-17/h2-10H,1H3,(H2,21,23)(H,22,24). The molecule has 0 fully saturated rings. The Kier molecular flexibility index (Phi) is 3.27. The zero-order valence-corrected chi connectivity index (χ0v) is 13.0. The van der Waals surface area contributed by atoms with Crippen molar-refractivity contribution in [3.63, 3.8) is 0 Å². The SMILES string of the molecule is Cc1cc(-c2nc(N)ccc2-c2ccc3[nH]ncc3c2)ccc1F. The van der Waals surface area contributed by atoms with Crippen LogP contribution < -0.4 is 5.73 Å². The van der Waals surface area contributed by atoms with Gasteiger partial charge in [-0.05, 0) is 60.5 Å². The number of benzene rings is 2. The third-order valence-corrected chi connectivity index (χ3v) is 4.10. The minimum Gasteiger partial charge on any atom is -0.384 e. The molecule has 2 aromatic carbocycles. The van der Waals surface area contributed by atoms with Gasteiger partial charge in [0, 0.05) is 16.5 Å². The molecule has 4 rings (SSSR count). The molecule has 0 amide bonds. The summed E-state index contributed by atoms with van der Waals surface area (Å²) in [5.74, 6) is 0.198. The first-order valence-electron chi connectivity index (χ1n) is 7.58. The summed E-state index contributed by atoms with van der Waals surface area (Å²) in [5.41, 5.74) is 11.0. The number of rotatable bonds is 2. The number of nitrogens with one attached hydrogen (secondary N) is 1. The molecule has 0 spiro atoms. The number of aromatic amines is 1. The van der Waals surface area contributed by atoms with Crippen LogP contribution in [0.15, 0.2) is 54.7 Å². The first-order chi connectivity index (χ1) is 11.6. The lowest BCUT2D eigenvalue weighted by Crippen LogP contribution is -1.96. The number of H-pyrrole nitrogens is 1. The Labute approximate surface area is 138 Å². The van der Waals surface area contributed by atoms with Crippen LogP contribution in [0.1, 0.15) is 5.56 Å². The number of hydrogen-bond acceptors (Lipinski definition) is 3. The summed E-state index contributed by atoms with van der Waals surface area (Å²) in [5, 5.41) is 8.01. The second-order valence-electron chi connectivity index (χ2n) is 5.77. The molecule has 2 heterocycles.